The fourth-order valence-electron chi connectivity index (χ4n) is 1.76. The van der Waals surface area contributed by atoms with E-state index in [1.165, 1.54) is 6.42 Å². The van der Waals surface area contributed by atoms with E-state index >= 15 is 0 Å². The number of ether oxygens (including phenoxy) is 1. The monoisotopic (exact) mass is 249 g/mol. The van der Waals surface area contributed by atoms with Crippen LogP contribution in [0, 0.1) is 0 Å². The molecule has 98 valence electrons. The molecule has 1 fully saturated rings. The Morgan fingerprint density at radius 2 is 2.17 bits per heavy atom. The second kappa shape index (κ2) is 6.26. The third-order valence-electron chi connectivity index (χ3n) is 2.95. The number of carbonyl (C=O) groups excluding carboxylic acids is 1. The van der Waals surface area contributed by atoms with Crippen molar-refractivity contribution in [1.29, 1.82) is 0 Å². The van der Waals surface area contributed by atoms with Gasteiger partial charge in [0.2, 0.25) is 0 Å². The number of hydrogen-bond donors (Lipinski definition) is 3. The van der Waals surface area contributed by atoms with Crippen LogP contribution in [0.25, 0.3) is 0 Å². The van der Waals surface area contributed by atoms with Crippen LogP contribution in [0.1, 0.15) is 19.3 Å². The van der Waals surface area contributed by atoms with E-state index in [-0.39, 0.29) is 6.03 Å². The number of amides is 2. The van der Waals surface area contributed by atoms with Crippen LogP contribution < -0.4 is 21.1 Å². The summed E-state index contributed by atoms with van der Waals surface area (Å²) in [5, 5.41) is 5.72. The summed E-state index contributed by atoms with van der Waals surface area (Å²) in [4.78, 5) is 11.7. The Kier molecular flexibility index (Phi) is 4.41. The Bertz CT molecular complexity index is 405. The summed E-state index contributed by atoms with van der Waals surface area (Å²) >= 11 is 0. The Hall–Kier alpha value is -1.75. The number of hydrogen-bond acceptors (Lipinski definition) is 3. The fourth-order valence-corrected chi connectivity index (χ4v) is 1.76. The van der Waals surface area contributed by atoms with Crippen LogP contribution >= 0.6 is 0 Å². The molecule has 0 spiro atoms. The van der Waals surface area contributed by atoms with Crippen LogP contribution in [0.2, 0.25) is 0 Å². The fraction of sp³-hybridized carbons (Fsp3) is 0.462. The zero-order valence-corrected chi connectivity index (χ0v) is 10.3. The van der Waals surface area contributed by atoms with Gasteiger partial charge in [0.05, 0.1) is 5.69 Å². The van der Waals surface area contributed by atoms with E-state index in [9.17, 15) is 4.79 Å². The summed E-state index contributed by atoms with van der Waals surface area (Å²) in [6.45, 7) is 0.880. The van der Waals surface area contributed by atoms with Gasteiger partial charge in [-0.05, 0) is 31.4 Å². The molecule has 0 radical (unpaired) electrons. The molecule has 18 heavy (non-hydrogen) atoms. The van der Waals surface area contributed by atoms with Crippen molar-refractivity contribution in [3.05, 3.63) is 24.3 Å². The number of nitrogens with two attached hydrogens (primary N) is 1. The second-order valence-electron chi connectivity index (χ2n) is 4.36. The highest BCUT2D eigenvalue weighted by atomic mass is 16.5. The third kappa shape index (κ3) is 3.37. The average Bonchev–Trinajstić information content (AvgIpc) is 2.33. The first kappa shape index (κ1) is 12.7. The Labute approximate surface area is 107 Å². The number of urea groups is 1. The lowest BCUT2D eigenvalue weighted by molar-refractivity contribution is 0.239. The molecular weight excluding hydrogens is 230 g/mol. The first-order valence-corrected chi connectivity index (χ1v) is 6.29. The minimum absolute atomic E-state index is 0.177. The van der Waals surface area contributed by atoms with Crippen LogP contribution in [0.5, 0.6) is 5.75 Å². The Balaban J connectivity index is 1.92. The highest BCUT2D eigenvalue weighted by Gasteiger charge is 2.19. The predicted molar refractivity (Wildman–Crippen MR) is 70.8 cm³/mol. The van der Waals surface area contributed by atoms with E-state index in [4.69, 9.17) is 10.5 Å². The molecule has 0 saturated heterocycles. The van der Waals surface area contributed by atoms with Crippen LogP contribution in [0.3, 0.4) is 0 Å². The van der Waals surface area contributed by atoms with Gasteiger partial charge in [0.25, 0.3) is 0 Å². The quantitative estimate of drug-likeness (QED) is 0.743. The van der Waals surface area contributed by atoms with Crippen molar-refractivity contribution in [2.45, 2.75) is 25.3 Å². The molecular formula is C13H19N3O2. The number of carbonyl (C=O) groups is 1. The van der Waals surface area contributed by atoms with E-state index in [0.29, 0.717) is 30.6 Å². The number of rotatable bonds is 5. The Morgan fingerprint density at radius 1 is 1.39 bits per heavy atom. The molecule has 0 heterocycles. The third-order valence-corrected chi connectivity index (χ3v) is 2.95. The molecule has 0 atom stereocenters. The van der Waals surface area contributed by atoms with Gasteiger partial charge in [-0.25, -0.2) is 4.79 Å². The summed E-state index contributed by atoms with van der Waals surface area (Å²) in [5.74, 6) is 0.645. The van der Waals surface area contributed by atoms with Crippen molar-refractivity contribution < 1.29 is 9.53 Å². The first-order chi connectivity index (χ1) is 8.79. The van der Waals surface area contributed by atoms with E-state index in [2.05, 4.69) is 10.6 Å². The van der Waals surface area contributed by atoms with Crippen LogP contribution in [0.4, 0.5) is 10.5 Å². The van der Waals surface area contributed by atoms with E-state index in [0.717, 1.165) is 12.8 Å². The molecule has 5 nitrogen and oxygen atoms in total. The molecule has 1 aliphatic carbocycles. The van der Waals surface area contributed by atoms with Gasteiger partial charge in [-0.15, -0.1) is 0 Å². The van der Waals surface area contributed by atoms with Gasteiger partial charge in [-0.2, -0.15) is 0 Å². The van der Waals surface area contributed by atoms with Gasteiger partial charge < -0.3 is 21.1 Å². The topological polar surface area (TPSA) is 76.4 Å². The maximum Gasteiger partial charge on any atom is 0.319 e. The number of para-hydroxylation sites is 2. The van der Waals surface area contributed by atoms with Crippen LogP contribution in [-0.2, 0) is 0 Å². The second-order valence-corrected chi connectivity index (χ2v) is 4.36. The molecule has 5 heteroatoms. The molecule has 0 aromatic heterocycles. The summed E-state index contributed by atoms with van der Waals surface area (Å²) in [7, 11) is 0. The molecule has 0 aliphatic heterocycles. The van der Waals surface area contributed by atoms with Gasteiger partial charge >= 0.3 is 6.03 Å². The lowest BCUT2D eigenvalue weighted by Gasteiger charge is -2.26. The summed E-state index contributed by atoms with van der Waals surface area (Å²) in [6, 6.07) is 7.49. The van der Waals surface area contributed by atoms with Crippen LogP contribution in [0.15, 0.2) is 24.3 Å². The average molecular weight is 249 g/mol. The highest BCUT2D eigenvalue weighted by molar-refractivity contribution is 5.91. The van der Waals surface area contributed by atoms with Gasteiger partial charge in [0, 0.05) is 12.6 Å². The van der Waals surface area contributed by atoms with Crippen molar-refractivity contribution in [1.82, 2.24) is 5.32 Å². The van der Waals surface area contributed by atoms with Gasteiger partial charge in [0.1, 0.15) is 12.4 Å². The SMILES string of the molecule is NCCOc1ccccc1NC(=O)NC1CCC1. The molecule has 1 aromatic carbocycles. The molecule has 0 unspecified atom stereocenters. The van der Waals surface area contributed by atoms with Crippen molar-refractivity contribution in [3.8, 4) is 5.75 Å². The number of benzene rings is 1. The molecule has 1 saturated carbocycles. The summed E-state index contributed by atoms with van der Waals surface area (Å²) in [5.41, 5.74) is 6.06. The normalized spacial score (nSPS) is 14.7. The lowest BCUT2D eigenvalue weighted by Crippen LogP contribution is -2.41. The molecule has 0 bridgehead atoms. The minimum Gasteiger partial charge on any atom is -0.490 e. The molecule has 2 rings (SSSR count). The standard InChI is InChI=1S/C13H19N3O2/c14-8-9-18-12-7-2-1-6-11(12)16-13(17)15-10-4-3-5-10/h1-2,6-7,10H,3-5,8-9,14H2,(H2,15,16,17). The van der Waals surface area contributed by atoms with E-state index in [1.54, 1.807) is 0 Å². The van der Waals surface area contributed by atoms with Crippen LogP contribution in [-0.4, -0.2) is 25.2 Å². The molecule has 1 aromatic rings. The predicted octanol–water partition coefficient (Wildman–Crippen LogP) is 1.70. The van der Waals surface area contributed by atoms with Gasteiger partial charge in [0.15, 0.2) is 0 Å². The van der Waals surface area contributed by atoms with Crippen molar-refractivity contribution in [2.75, 3.05) is 18.5 Å². The van der Waals surface area contributed by atoms with Crippen molar-refractivity contribution in [2.24, 2.45) is 5.73 Å². The zero-order chi connectivity index (χ0) is 12.8. The molecule has 4 N–H and O–H groups in total. The lowest BCUT2D eigenvalue weighted by atomic mass is 9.93. The van der Waals surface area contributed by atoms with Crippen molar-refractivity contribution in [3.63, 3.8) is 0 Å². The first-order valence-electron chi connectivity index (χ1n) is 6.29. The maximum absolute atomic E-state index is 11.7. The van der Waals surface area contributed by atoms with E-state index < -0.39 is 0 Å². The zero-order valence-electron chi connectivity index (χ0n) is 10.3. The number of nitrogens with one attached hydrogen (secondary N) is 2. The smallest absolute Gasteiger partial charge is 0.319 e. The van der Waals surface area contributed by atoms with Crippen molar-refractivity contribution >= 4 is 11.7 Å². The molecule has 2 amide bonds. The largest absolute Gasteiger partial charge is 0.490 e. The molecule has 1 aliphatic rings. The maximum atomic E-state index is 11.7. The number of anilines is 1. The highest BCUT2D eigenvalue weighted by Crippen LogP contribution is 2.24. The van der Waals surface area contributed by atoms with Gasteiger partial charge in [-0.1, -0.05) is 12.1 Å². The van der Waals surface area contributed by atoms with E-state index in [1.807, 2.05) is 24.3 Å². The summed E-state index contributed by atoms with van der Waals surface area (Å²) in [6.07, 6.45) is 3.33. The summed E-state index contributed by atoms with van der Waals surface area (Å²) < 4.78 is 5.46. The minimum atomic E-state index is -0.177. The Morgan fingerprint density at radius 3 is 2.83 bits per heavy atom. The van der Waals surface area contributed by atoms with Gasteiger partial charge in [-0.3, -0.25) is 0 Å².